The van der Waals surface area contributed by atoms with Crippen LogP contribution in [-0.2, 0) is 0 Å². The minimum absolute atomic E-state index is 0.0305. The lowest BCUT2D eigenvalue weighted by atomic mass is 9.90. The Morgan fingerprint density at radius 3 is 1.65 bits per heavy atom. The van der Waals surface area contributed by atoms with Crippen molar-refractivity contribution in [2.75, 3.05) is 0 Å². The van der Waals surface area contributed by atoms with E-state index >= 15 is 0 Å². The Labute approximate surface area is 102 Å². The zero-order chi connectivity index (χ0) is 13.2. The molecule has 0 unspecified atom stereocenters. The molecule has 0 aliphatic carbocycles. The van der Waals surface area contributed by atoms with Gasteiger partial charge in [-0.15, -0.1) is 5.10 Å². The van der Waals surface area contributed by atoms with E-state index in [1.54, 1.807) is 6.21 Å². The fourth-order valence-electron chi connectivity index (χ4n) is 1.88. The average Bonchev–Trinajstić information content (AvgIpc) is 2.28. The van der Waals surface area contributed by atoms with E-state index in [0.29, 0.717) is 0 Å². The minimum atomic E-state index is -0.0305. The van der Waals surface area contributed by atoms with Gasteiger partial charge in [-0.25, -0.2) is 0 Å². The number of nitrogens with zero attached hydrogens (tertiary/aromatic N) is 2. The molecule has 0 spiro atoms. The van der Waals surface area contributed by atoms with Crippen molar-refractivity contribution in [1.29, 1.82) is 0 Å². The van der Waals surface area contributed by atoms with E-state index < -0.39 is 0 Å². The van der Waals surface area contributed by atoms with Crippen LogP contribution in [0.1, 0.15) is 33.4 Å². The standard InChI is InChI=1S/C13H20N4/c1-7-8(2)10(4)12(11(5)9(7)3)6-16-17-13(14)15/h6H,1-5H3,(H4,14,15,17). The highest BCUT2D eigenvalue weighted by Gasteiger charge is 2.10. The van der Waals surface area contributed by atoms with E-state index in [0.717, 1.165) is 5.56 Å². The topological polar surface area (TPSA) is 76.8 Å². The van der Waals surface area contributed by atoms with Crippen LogP contribution in [0.4, 0.5) is 0 Å². The number of nitrogens with two attached hydrogens (primary N) is 2. The van der Waals surface area contributed by atoms with Gasteiger partial charge in [-0.1, -0.05) is 0 Å². The summed E-state index contributed by atoms with van der Waals surface area (Å²) < 4.78 is 0. The van der Waals surface area contributed by atoms with E-state index in [1.807, 2.05) is 0 Å². The Hall–Kier alpha value is -1.84. The largest absolute Gasteiger partial charge is 0.369 e. The summed E-state index contributed by atoms with van der Waals surface area (Å²) in [6, 6.07) is 0. The van der Waals surface area contributed by atoms with Crippen molar-refractivity contribution in [1.82, 2.24) is 0 Å². The number of hydrogen-bond acceptors (Lipinski definition) is 2. The summed E-state index contributed by atoms with van der Waals surface area (Å²) in [6.07, 6.45) is 1.71. The Balaban J connectivity index is 3.35. The summed E-state index contributed by atoms with van der Waals surface area (Å²) in [5.74, 6) is -0.0305. The molecule has 92 valence electrons. The molecule has 0 aromatic heterocycles. The van der Waals surface area contributed by atoms with E-state index in [4.69, 9.17) is 11.5 Å². The van der Waals surface area contributed by atoms with Crippen molar-refractivity contribution in [3.05, 3.63) is 33.4 Å². The summed E-state index contributed by atoms with van der Waals surface area (Å²) in [5, 5.41) is 7.51. The van der Waals surface area contributed by atoms with Crippen LogP contribution in [0.3, 0.4) is 0 Å². The van der Waals surface area contributed by atoms with Crippen LogP contribution < -0.4 is 11.5 Å². The maximum atomic E-state index is 5.23. The summed E-state index contributed by atoms with van der Waals surface area (Å²) >= 11 is 0. The van der Waals surface area contributed by atoms with Crippen LogP contribution in [0, 0.1) is 34.6 Å². The van der Waals surface area contributed by atoms with Crippen LogP contribution in [0.2, 0.25) is 0 Å². The minimum Gasteiger partial charge on any atom is -0.369 e. The molecule has 0 amide bonds. The highest BCUT2D eigenvalue weighted by Crippen LogP contribution is 2.24. The third-order valence-electron chi connectivity index (χ3n) is 3.42. The van der Waals surface area contributed by atoms with Gasteiger partial charge in [-0.2, -0.15) is 5.10 Å². The zero-order valence-corrected chi connectivity index (χ0v) is 11.1. The van der Waals surface area contributed by atoms with Gasteiger partial charge in [0.05, 0.1) is 6.21 Å². The predicted octanol–water partition coefficient (Wildman–Crippen LogP) is 1.84. The molecule has 1 aromatic carbocycles. The van der Waals surface area contributed by atoms with Crippen molar-refractivity contribution >= 4 is 12.2 Å². The molecule has 17 heavy (non-hydrogen) atoms. The molecule has 0 aliphatic heterocycles. The quantitative estimate of drug-likeness (QED) is 0.463. The van der Waals surface area contributed by atoms with Crippen molar-refractivity contribution in [2.24, 2.45) is 21.7 Å². The van der Waals surface area contributed by atoms with E-state index in [9.17, 15) is 0 Å². The third-order valence-corrected chi connectivity index (χ3v) is 3.42. The maximum absolute atomic E-state index is 5.23. The van der Waals surface area contributed by atoms with Crippen LogP contribution in [0.5, 0.6) is 0 Å². The van der Waals surface area contributed by atoms with Crippen molar-refractivity contribution in [2.45, 2.75) is 34.6 Å². The first-order valence-corrected chi connectivity index (χ1v) is 5.55. The molecule has 1 aromatic rings. The van der Waals surface area contributed by atoms with Gasteiger partial charge >= 0.3 is 0 Å². The van der Waals surface area contributed by atoms with Gasteiger partial charge < -0.3 is 11.5 Å². The molecule has 4 N–H and O–H groups in total. The molecule has 0 atom stereocenters. The van der Waals surface area contributed by atoms with E-state index in [2.05, 4.69) is 44.8 Å². The molecule has 0 saturated carbocycles. The predicted molar refractivity (Wildman–Crippen MR) is 73.5 cm³/mol. The number of hydrogen-bond donors (Lipinski definition) is 2. The molecule has 0 heterocycles. The average molecular weight is 232 g/mol. The van der Waals surface area contributed by atoms with E-state index in [-0.39, 0.29) is 5.96 Å². The molecule has 4 heteroatoms. The van der Waals surface area contributed by atoms with E-state index in [1.165, 1.54) is 27.8 Å². The highest BCUT2D eigenvalue weighted by atomic mass is 15.3. The summed E-state index contributed by atoms with van der Waals surface area (Å²) in [6.45, 7) is 10.6. The second kappa shape index (κ2) is 4.99. The smallest absolute Gasteiger partial charge is 0.211 e. The van der Waals surface area contributed by atoms with Crippen molar-refractivity contribution in [3.8, 4) is 0 Å². The van der Waals surface area contributed by atoms with Gasteiger partial charge in [0.2, 0.25) is 5.96 Å². The highest BCUT2D eigenvalue weighted by molar-refractivity contribution is 5.86. The third kappa shape index (κ3) is 2.64. The van der Waals surface area contributed by atoms with Gasteiger partial charge in [-0.3, -0.25) is 0 Å². The fraction of sp³-hybridized carbons (Fsp3) is 0.385. The van der Waals surface area contributed by atoms with Crippen LogP contribution in [0.25, 0.3) is 0 Å². The second-order valence-corrected chi connectivity index (χ2v) is 4.31. The Bertz CT molecular complexity index is 466. The first kappa shape index (κ1) is 13.2. The maximum Gasteiger partial charge on any atom is 0.211 e. The normalized spacial score (nSPS) is 10.9. The molecular weight excluding hydrogens is 212 g/mol. The first-order chi connectivity index (χ1) is 7.86. The SMILES string of the molecule is Cc1c(C)c(C)c(C=NN=C(N)N)c(C)c1C. The molecule has 0 aliphatic rings. The summed E-state index contributed by atoms with van der Waals surface area (Å²) in [7, 11) is 0. The molecule has 0 bridgehead atoms. The Morgan fingerprint density at radius 1 is 0.824 bits per heavy atom. The lowest BCUT2D eigenvalue weighted by Crippen LogP contribution is -2.21. The molecule has 0 fully saturated rings. The number of rotatable bonds is 2. The van der Waals surface area contributed by atoms with Gasteiger partial charge in [0.1, 0.15) is 0 Å². The summed E-state index contributed by atoms with van der Waals surface area (Å²) in [5.41, 5.74) is 17.9. The second-order valence-electron chi connectivity index (χ2n) is 4.31. The van der Waals surface area contributed by atoms with Gasteiger partial charge in [0.25, 0.3) is 0 Å². The fourth-order valence-corrected chi connectivity index (χ4v) is 1.88. The van der Waals surface area contributed by atoms with Crippen LogP contribution in [0.15, 0.2) is 10.2 Å². The van der Waals surface area contributed by atoms with Gasteiger partial charge in [0, 0.05) is 5.56 Å². The lowest BCUT2D eigenvalue weighted by Gasteiger charge is -2.15. The Morgan fingerprint density at radius 2 is 1.24 bits per heavy atom. The van der Waals surface area contributed by atoms with Gasteiger partial charge in [0.15, 0.2) is 0 Å². The van der Waals surface area contributed by atoms with Gasteiger partial charge in [-0.05, 0) is 62.4 Å². The first-order valence-electron chi connectivity index (χ1n) is 5.55. The monoisotopic (exact) mass is 232 g/mol. The number of benzene rings is 1. The number of guanidine groups is 1. The molecule has 0 saturated heterocycles. The molecular formula is C13H20N4. The zero-order valence-electron chi connectivity index (χ0n) is 11.1. The molecule has 4 nitrogen and oxygen atoms in total. The summed E-state index contributed by atoms with van der Waals surface area (Å²) in [4.78, 5) is 0. The lowest BCUT2D eigenvalue weighted by molar-refractivity contribution is 1.16. The Kier molecular flexibility index (Phi) is 3.89. The van der Waals surface area contributed by atoms with Crippen LogP contribution >= 0.6 is 0 Å². The molecule has 0 radical (unpaired) electrons. The van der Waals surface area contributed by atoms with Crippen molar-refractivity contribution in [3.63, 3.8) is 0 Å². The van der Waals surface area contributed by atoms with Crippen LogP contribution in [-0.4, -0.2) is 12.2 Å². The van der Waals surface area contributed by atoms with Crippen molar-refractivity contribution < 1.29 is 0 Å². The molecule has 1 rings (SSSR count).